The Morgan fingerprint density at radius 2 is 2.30 bits per heavy atom. The average molecular weight is 295 g/mol. The first-order valence-corrected chi connectivity index (χ1v) is 6.65. The van der Waals surface area contributed by atoms with Gasteiger partial charge >= 0.3 is 5.97 Å². The lowest BCUT2D eigenvalue weighted by molar-refractivity contribution is -0.146. The number of nitrogens with one attached hydrogen (secondary N) is 2. The summed E-state index contributed by atoms with van der Waals surface area (Å²) in [4.78, 5) is 29.3. The molecule has 0 radical (unpaired) electrons. The monoisotopic (exact) mass is 295 g/mol. The Labute approximate surface area is 118 Å². The molecule has 0 saturated carbocycles. The fourth-order valence-corrected chi connectivity index (χ4v) is 2.16. The van der Waals surface area contributed by atoms with Gasteiger partial charge in [-0.05, 0) is 13.0 Å². The minimum absolute atomic E-state index is 0.281. The second kappa shape index (κ2) is 5.85. The van der Waals surface area contributed by atoms with Crippen LogP contribution in [-0.2, 0) is 4.79 Å². The molecule has 106 valence electrons. The number of aliphatic hydroxyl groups excluding tert-OH is 1. The lowest BCUT2D eigenvalue weighted by atomic mass is 10.2. The topological polar surface area (TPSA) is 115 Å². The Morgan fingerprint density at radius 3 is 2.90 bits per heavy atom. The molecule has 20 heavy (non-hydrogen) atoms. The number of hydrogen-bond acceptors (Lipinski definition) is 5. The number of hydrogen-bond donors (Lipinski definition) is 4. The number of H-pyrrole nitrogens is 1. The van der Waals surface area contributed by atoms with E-state index in [2.05, 4.69) is 15.3 Å². The van der Waals surface area contributed by atoms with Gasteiger partial charge in [0.2, 0.25) is 0 Å². The third-order valence-electron chi connectivity index (χ3n) is 2.58. The van der Waals surface area contributed by atoms with E-state index in [0.717, 1.165) is 16.3 Å². The molecule has 4 N–H and O–H groups in total. The molecule has 0 aliphatic carbocycles. The Balaban J connectivity index is 2.01. The normalized spacial score (nSPS) is 12.1. The number of aliphatic carboxylic acids is 1. The lowest BCUT2D eigenvalue weighted by Gasteiger charge is -2.06. The summed E-state index contributed by atoms with van der Waals surface area (Å²) in [5.41, 5.74) is 1.83. The van der Waals surface area contributed by atoms with Crippen molar-refractivity contribution in [2.75, 3.05) is 6.54 Å². The van der Waals surface area contributed by atoms with E-state index in [1.54, 1.807) is 12.3 Å². The van der Waals surface area contributed by atoms with Crippen molar-refractivity contribution in [2.24, 2.45) is 0 Å². The number of rotatable bonds is 5. The van der Waals surface area contributed by atoms with E-state index in [-0.39, 0.29) is 12.2 Å². The first kappa shape index (κ1) is 14.2. The number of carbonyl (C=O) groups excluding carboxylic acids is 1. The van der Waals surface area contributed by atoms with Gasteiger partial charge in [0.05, 0.1) is 17.2 Å². The van der Waals surface area contributed by atoms with Crippen LogP contribution < -0.4 is 5.32 Å². The van der Waals surface area contributed by atoms with E-state index in [1.165, 1.54) is 11.3 Å². The first-order valence-electron chi connectivity index (χ1n) is 5.77. The van der Waals surface area contributed by atoms with E-state index in [4.69, 9.17) is 10.2 Å². The fourth-order valence-electron chi connectivity index (χ4n) is 1.54. The third-order valence-corrected chi connectivity index (χ3v) is 3.36. The number of carboxylic acid groups (broad SMARTS) is 1. The Bertz CT molecular complexity index is 634. The number of aromatic amines is 1. The van der Waals surface area contributed by atoms with Crippen molar-refractivity contribution in [3.8, 4) is 11.3 Å². The van der Waals surface area contributed by atoms with Crippen molar-refractivity contribution in [2.45, 2.75) is 13.0 Å². The summed E-state index contributed by atoms with van der Waals surface area (Å²) in [6.07, 6.45) is 0.0337. The van der Waals surface area contributed by atoms with Gasteiger partial charge in [0.25, 0.3) is 5.91 Å². The molecule has 2 aromatic heterocycles. The van der Waals surface area contributed by atoms with Crippen LogP contribution in [0.4, 0.5) is 0 Å². The standard InChI is InChI=1S/C12H13N3O4S/c1-6-15-9(5-20-6)7-2-8(13-3-7)11(17)14-4-10(16)12(18)19/h2-3,5,10,13,16H,4H2,1H3,(H,14,17)(H,18,19). The number of carbonyl (C=O) groups is 2. The molecule has 0 saturated heterocycles. The molecule has 1 atom stereocenters. The first-order chi connectivity index (χ1) is 9.47. The zero-order valence-corrected chi connectivity index (χ0v) is 11.4. The smallest absolute Gasteiger partial charge is 0.334 e. The van der Waals surface area contributed by atoms with Crippen LogP contribution in [0.3, 0.4) is 0 Å². The number of aromatic nitrogens is 2. The highest BCUT2D eigenvalue weighted by Gasteiger charge is 2.16. The fraction of sp³-hybridized carbons (Fsp3) is 0.250. The van der Waals surface area contributed by atoms with Crippen molar-refractivity contribution < 1.29 is 19.8 Å². The molecule has 0 aliphatic heterocycles. The second-order valence-electron chi connectivity index (χ2n) is 4.12. The van der Waals surface area contributed by atoms with E-state index in [1.807, 2.05) is 12.3 Å². The summed E-state index contributed by atoms with van der Waals surface area (Å²) in [6, 6.07) is 1.62. The summed E-state index contributed by atoms with van der Waals surface area (Å²) >= 11 is 1.51. The zero-order chi connectivity index (χ0) is 14.7. The molecule has 7 nitrogen and oxygen atoms in total. The number of carboxylic acids is 1. The van der Waals surface area contributed by atoms with Crippen molar-refractivity contribution in [3.63, 3.8) is 0 Å². The Kier molecular flexibility index (Phi) is 4.16. The maximum absolute atomic E-state index is 11.8. The molecule has 0 bridgehead atoms. The van der Waals surface area contributed by atoms with Gasteiger partial charge in [-0.15, -0.1) is 11.3 Å². The van der Waals surface area contributed by atoms with Gasteiger partial charge in [0, 0.05) is 17.1 Å². The lowest BCUT2D eigenvalue weighted by Crippen LogP contribution is -2.36. The molecule has 2 heterocycles. The maximum Gasteiger partial charge on any atom is 0.334 e. The highest BCUT2D eigenvalue weighted by molar-refractivity contribution is 7.09. The predicted molar refractivity (Wildman–Crippen MR) is 72.6 cm³/mol. The molecule has 2 rings (SSSR count). The Hall–Kier alpha value is -2.19. The summed E-state index contributed by atoms with van der Waals surface area (Å²) in [7, 11) is 0. The van der Waals surface area contributed by atoms with Gasteiger partial charge in [-0.3, -0.25) is 4.79 Å². The number of thiazole rings is 1. The molecule has 0 aromatic carbocycles. The van der Waals surface area contributed by atoms with Crippen LogP contribution in [0.5, 0.6) is 0 Å². The SMILES string of the molecule is Cc1nc(-c2c[nH]c(C(=O)NCC(O)C(=O)O)c2)cs1. The van der Waals surface area contributed by atoms with Crippen LogP contribution in [0.25, 0.3) is 11.3 Å². The summed E-state index contributed by atoms with van der Waals surface area (Å²) < 4.78 is 0. The van der Waals surface area contributed by atoms with Gasteiger partial charge in [-0.1, -0.05) is 0 Å². The second-order valence-corrected chi connectivity index (χ2v) is 5.18. The van der Waals surface area contributed by atoms with Crippen molar-refractivity contribution in [1.29, 1.82) is 0 Å². The largest absolute Gasteiger partial charge is 0.479 e. The van der Waals surface area contributed by atoms with Crippen LogP contribution in [0.15, 0.2) is 17.6 Å². The van der Waals surface area contributed by atoms with Gasteiger partial charge < -0.3 is 20.5 Å². The average Bonchev–Trinajstić information content (AvgIpc) is 3.03. The van der Waals surface area contributed by atoms with E-state index >= 15 is 0 Å². The van der Waals surface area contributed by atoms with E-state index in [0.29, 0.717) is 0 Å². The minimum Gasteiger partial charge on any atom is -0.479 e. The van der Waals surface area contributed by atoms with Crippen molar-refractivity contribution in [1.82, 2.24) is 15.3 Å². The third kappa shape index (κ3) is 3.22. The van der Waals surface area contributed by atoms with Gasteiger partial charge in [0.15, 0.2) is 6.10 Å². The summed E-state index contributed by atoms with van der Waals surface area (Å²) in [6.45, 7) is 1.54. The van der Waals surface area contributed by atoms with Gasteiger partial charge in [-0.2, -0.15) is 0 Å². The number of aliphatic hydroxyl groups is 1. The maximum atomic E-state index is 11.8. The number of amides is 1. The van der Waals surface area contributed by atoms with Crippen LogP contribution in [-0.4, -0.2) is 44.7 Å². The number of aryl methyl sites for hydroxylation is 1. The quantitative estimate of drug-likeness (QED) is 0.645. The highest BCUT2D eigenvalue weighted by atomic mass is 32.1. The van der Waals surface area contributed by atoms with Gasteiger partial charge in [0.1, 0.15) is 5.69 Å². The molecular formula is C12H13N3O4S. The molecule has 2 aromatic rings. The molecule has 0 spiro atoms. The van der Waals surface area contributed by atoms with Crippen LogP contribution >= 0.6 is 11.3 Å². The molecule has 8 heteroatoms. The molecule has 0 aliphatic rings. The molecule has 0 fully saturated rings. The predicted octanol–water partition coefficient (Wildman–Crippen LogP) is 0.622. The van der Waals surface area contributed by atoms with Crippen LogP contribution in [0.2, 0.25) is 0 Å². The summed E-state index contributed by atoms with van der Waals surface area (Å²) in [5, 5.41) is 22.7. The van der Waals surface area contributed by atoms with Crippen LogP contribution in [0, 0.1) is 6.92 Å². The Morgan fingerprint density at radius 1 is 1.55 bits per heavy atom. The van der Waals surface area contributed by atoms with E-state index in [9.17, 15) is 9.59 Å². The summed E-state index contributed by atoms with van der Waals surface area (Å²) in [5.74, 6) is -1.86. The molecule has 1 unspecified atom stereocenters. The molecular weight excluding hydrogens is 282 g/mol. The van der Waals surface area contributed by atoms with Crippen molar-refractivity contribution in [3.05, 3.63) is 28.3 Å². The highest BCUT2D eigenvalue weighted by Crippen LogP contribution is 2.22. The van der Waals surface area contributed by atoms with E-state index < -0.39 is 18.0 Å². The zero-order valence-electron chi connectivity index (χ0n) is 10.6. The molecule has 1 amide bonds. The van der Waals surface area contributed by atoms with Crippen molar-refractivity contribution >= 4 is 23.2 Å². The minimum atomic E-state index is -1.62. The van der Waals surface area contributed by atoms with Gasteiger partial charge in [-0.25, -0.2) is 9.78 Å². The van der Waals surface area contributed by atoms with Crippen LogP contribution in [0.1, 0.15) is 15.5 Å². The number of nitrogens with zero attached hydrogens (tertiary/aromatic N) is 1.